The second-order valence-corrected chi connectivity index (χ2v) is 9.29. The van der Waals surface area contributed by atoms with Gasteiger partial charge in [-0.3, -0.25) is 9.78 Å². The maximum absolute atomic E-state index is 12.5. The van der Waals surface area contributed by atoms with Gasteiger partial charge in [-0.15, -0.1) is 0 Å². The van der Waals surface area contributed by atoms with Gasteiger partial charge in [-0.1, -0.05) is 41.9 Å². The van der Waals surface area contributed by atoms with Crippen molar-refractivity contribution in [3.8, 4) is 0 Å². The van der Waals surface area contributed by atoms with Crippen LogP contribution in [0.25, 0.3) is 0 Å². The number of hydrogen-bond donors (Lipinski definition) is 1. The van der Waals surface area contributed by atoms with Crippen LogP contribution in [0.4, 0.5) is 5.69 Å². The summed E-state index contributed by atoms with van der Waals surface area (Å²) < 4.78 is 25.4. The van der Waals surface area contributed by atoms with Gasteiger partial charge >= 0.3 is 0 Å². The third-order valence-corrected chi connectivity index (χ3v) is 6.05. The average Bonchev–Trinajstić information content (AvgIpc) is 2.70. The lowest BCUT2D eigenvalue weighted by Crippen LogP contribution is -2.37. The Bertz CT molecular complexity index is 1100. The number of hydrogen-bond acceptors (Lipinski definition) is 4. The Morgan fingerprint density at radius 2 is 1.63 bits per heavy atom. The van der Waals surface area contributed by atoms with Crippen LogP contribution in [0.3, 0.4) is 0 Å². The Labute approximate surface area is 181 Å². The summed E-state index contributed by atoms with van der Waals surface area (Å²) in [6.45, 7) is -0.278. The summed E-state index contributed by atoms with van der Waals surface area (Å²) in [6, 6.07) is 18.3. The normalized spacial score (nSPS) is 11.4. The van der Waals surface area contributed by atoms with Crippen LogP contribution in [0.5, 0.6) is 0 Å². The predicted molar refractivity (Wildman–Crippen MR) is 119 cm³/mol. The smallest absolute Gasteiger partial charge is 0.239 e. The van der Waals surface area contributed by atoms with E-state index in [1.54, 1.807) is 48.8 Å². The number of rotatable bonds is 8. The first kappa shape index (κ1) is 22.0. The van der Waals surface area contributed by atoms with Gasteiger partial charge < -0.3 is 5.32 Å². The number of pyridine rings is 1. The van der Waals surface area contributed by atoms with Gasteiger partial charge in [0.05, 0.1) is 12.8 Å². The summed E-state index contributed by atoms with van der Waals surface area (Å²) in [6.07, 6.45) is 5.33. The Morgan fingerprint density at radius 3 is 2.27 bits per heavy atom. The number of carbonyl (C=O) groups is 1. The summed E-state index contributed by atoms with van der Waals surface area (Å²) in [5.74, 6) is -0.422. The molecule has 30 heavy (non-hydrogen) atoms. The van der Waals surface area contributed by atoms with Crippen LogP contribution >= 0.6 is 11.6 Å². The van der Waals surface area contributed by atoms with Crippen molar-refractivity contribution in [2.45, 2.75) is 13.0 Å². The van der Waals surface area contributed by atoms with Gasteiger partial charge in [0.15, 0.2) is 0 Å². The summed E-state index contributed by atoms with van der Waals surface area (Å²) >= 11 is 6.13. The zero-order valence-corrected chi connectivity index (χ0v) is 18.0. The molecule has 1 aromatic heterocycles. The molecular weight excluding hydrogens is 422 g/mol. The summed E-state index contributed by atoms with van der Waals surface area (Å²) in [5.41, 5.74) is 3.48. The molecule has 0 aliphatic heterocycles. The number of amides is 1. The van der Waals surface area contributed by atoms with Gasteiger partial charge in [0, 0.05) is 29.6 Å². The molecule has 1 heterocycles. The molecule has 3 rings (SSSR count). The van der Waals surface area contributed by atoms with E-state index in [-0.39, 0.29) is 13.1 Å². The molecule has 0 saturated heterocycles. The summed E-state index contributed by atoms with van der Waals surface area (Å²) in [4.78, 5) is 16.5. The number of benzene rings is 2. The molecule has 3 aromatic rings. The Kier molecular flexibility index (Phi) is 7.20. The van der Waals surface area contributed by atoms with E-state index in [1.807, 2.05) is 24.3 Å². The van der Waals surface area contributed by atoms with Crippen molar-refractivity contribution in [3.05, 3.63) is 94.8 Å². The van der Waals surface area contributed by atoms with E-state index in [0.29, 0.717) is 16.3 Å². The zero-order valence-electron chi connectivity index (χ0n) is 16.5. The second kappa shape index (κ2) is 9.84. The van der Waals surface area contributed by atoms with Gasteiger partial charge in [-0.25, -0.2) is 8.42 Å². The third kappa shape index (κ3) is 6.38. The largest absolute Gasteiger partial charge is 0.325 e. The van der Waals surface area contributed by atoms with Crippen molar-refractivity contribution in [2.24, 2.45) is 0 Å². The summed E-state index contributed by atoms with van der Waals surface area (Å²) in [5, 5.41) is 3.20. The van der Waals surface area contributed by atoms with Crippen molar-refractivity contribution in [1.29, 1.82) is 0 Å². The van der Waals surface area contributed by atoms with Crippen molar-refractivity contribution < 1.29 is 13.2 Å². The lowest BCUT2D eigenvalue weighted by molar-refractivity contribution is -0.116. The third-order valence-electron chi connectivity index (χ3n) is 4.49. The number of anilines is 1. The topological polar surface area (TPSA) is 79.4 Å². The molecule has 0 radical (unpaired) electrons. The molecule has 0 unspecified atom stereocenters. The molecule has 0 spiro atoms. The van der Waals surface area contributed by atoms with E-state index in [9.17, 15) is 13.2 Å². The van der Waals surface area contributed by atoms with Crippen LogP contribution in [0.1, 0.15) is 16.7 Å². The van der Waals surface area contributed by atoms with Gasteiger partial charge in [0.1, 0.15) is 0 Å². The highest BCUT2D eigenvalue weighted by Gasteiger charge is 2.21. The number of nitrogens with zero attached hydrogens (tertiary/aromatic N) is 2. The second-order valence-electron chi connectivity index (χ2n) is 6.90. The first-order valence-corrected chi connectivity index (χ1v) is 11.5. The quantitative estimate of drug-likeness (QED) is 0.575. The number of sulfonamides is 1. The molecular formula is C22H22ClN3O3S. The van der Waals surface area contributed by atoms with Crippen molar-refractivity contribution >= 4 is 33.2 Å². The first-order chi connectivity index (χ1) is 14.3. The minimum absolute atomic E-state index is 0.0246. The van der Waals surface area contributed by atoms with Crippen LogP contribution in [0, 0.1) is 0 Å². The molecule has 1 amide bonds. The lowest BCUT2D eigenvalue weighted by Gasteiger charge is -2.20. The van der Waals surface area contributed by atoms with E-state index in [2.05, 4.69) is 10.3 Å². The van der Waals surface area contributed by atoms with E-state index in [4.69, 9.17) is 11.6 Å². The molecule has 0 saturated carbocycles. The Balaban J connectivity index is 1.63. The van der Waals surface area contributed by atoms with Gasteiger partial charge in [-0.2, -0.15) is 4.31 Å². The molecule has 0 bridgehead atoms. The lowest BCUT2D eigenvalue weighted by atomic mass is 10.1. The van der Waals surface area contributed by atoms with Crippen molar-refractivity contribution in [1.82, 2.24) is 9.29 Å². The zero-order chi connectivity index (χ0) is 21.6. The standard InChI is InChI=1S/C22H22ClN3O3S/c1-30(28,29)26(15-19-4-2-3-5-21(19)23)16-22(27)25-20-8-6-17(7-9-20)14-18-10-12-24-13-11-18/h2-13H,14-16H2,1H3,(H,25,27). The van der Waals surface area contributed by atoms with Crippen LogP contribution in [0.15, 0.2) is 73.1 Å². The van der Waals surface area contributed by atoms with Crippen LogP contribution in [-0.2, 0) is 27.8 Å². The van der Waals surface area contributed by atoms with Crippen LogP contribution in [-0.4, -0.2) is 36.4 Å². The fourth-order valence-corrected chi connectivity index (χ4v) is 3.83. The molecule has 2 aromatic carbocycles. The Morgan fingerprint density at radius 1 is 1.00 bits per heavy atom. The van der Waals surface area contributed by atoms with Crippen LogP contribution < -0.4 is 5.32 Å². The van der Waals surface area contributed by atoms with Gasteiger partial charge in [0.25, 0.3) is 0 Å². The number of carbonyl (C=O) groups excluding carboxylic acids is 1. The van der Waals surface area contributed by atoms with E-state index in [1.165, 1.54) is 0 Å². The molecule has 0 aliphatic carbocycles. The number of nitrogens with one attached hydrogen (secondary N) is 1. The molecule has 0 atom stereocenters. The first-order valence-electron chi connectivity index (χ1n) is 9.27. The van der Waals surface area contributed by atoms with E-state index < -0.39 is 15.9 Å². The van der Waals surface area contributed by atoms with E-state index in [0.717, 1.165) is 28.1 Å². The fraction of sp³-hybridized carbons (Fsp3) is 0.182. The SMILES string of the molecule is CS(=O)(=O)N(CC(=O)Nc1ccc(Cc2ccncc2)cc1)Cc1ccccc1Cl. The monoisotopic (exact) mass is 443 g/mol. The highest BCUT2D eigenvalue weighted by Crippen LogP contribution is 2.19. The number of halogens is 1. The maximum Gasteiger partial charge on any atom is 0.239 e. The van der Waals surface area contributed by atoms with Crippen molar-refractivity contribution in [3.63, 3.8) is 0 Å². The Hall–Kier alpha value is -2.74. The van der Waals surface area contributed by atoms with Crippen LogP contribution in [0.2, 0.25) is 5.02 Å². The molecule has 8 heteroatoms. The van der Waals surface area contributed by atoms with E-state index >= 15 is 0 Å². The minimum Gasteiger partial charge on any atom is -0.325 e. The summed E-state index contributed by atoms with van der Waals surface area (Å²) in [7, 11) is -3.60. The molecule has 6 nitrogen and oxygen atoms in total. The highest BCUT2D eigenvalue weighted by molar-refractivity contribution is 7.88. The molecule has 0 aliphatic rings. The maximum atomic E-state index is 12.5. The number of aromatic nitrogens is 1. The fourth-order valence-electron chi connectivity index (χ4n) is 2.91. The highest BCUT2D eigenvalue weighted by atomic mass is 35.5. The molecule has 156 valence electrons. The van der Waals surface area contributed by atoms with Gasteiger partial charge in [-0.05, 0) is 53.4 Å². The van der Waals surface area contributed by atoms with Gasteiger partial charge in [0.2, 0.25) is 15.9 Å². The molecule has 0 fully saturated rings. The predicted octanol–water partition coefficient (Wildman–Crippen LogP) is 3.73. The average molecular weight is 444 g/mol. The molecule has 1 N–H and O–H groups in total. The van der Waals surface area contributed by atoms with Crippen molar-refractivity contribution in [2.75, 3.05) is 18.1 Å². The minimum atomic E-state index is -3.60.